The molecule has 0 spiro atoms. The Bertz CT molecular complexity index is 253. The van der Waals surface area contributed by atoms with E-state index in [1.54, 1.807) is 0 Å². The zero-order valence-electron chi connectivity index (χ0n) is 16.0. The molecule has 0 saturated heterocycles. The lowest BCUT2D eigenvalue weighted by Gasteiger charge is -2.27. The second-order valence-electron chi connectivity index (χ2n) is 6.76. The lowest BCUT2D eigenvalue weighted by Crippen LogP contribution is -2.30. The molecule has 0 heterocycles. The van der Waals surface area contributed by atoms with E-state index in [-0.39, 0.29) is 13.2 Å². The van der Waals surface area contributed by atoms with E-state index < -0.39 is 11.6 Å². The zero-order valence-corrected chi connectivity index (χ0v) is 16.0. The van der Waals surface area contributed by atoms with Gasteiger partial charge in [0.05, 0.1) is 26.4 Å². The number of ether oxygens (including phenoxy) is 4. The van der Waals surface area contributed by atoms with Crippen molar-refractivity contribution in [3.05, 3.63) is 0 Å². The first-order chi connectivity index (χ1) is 11.3. The van der Waals surface area contributed by atoms with E-state index in [1.165, 1.54) is 0 Å². The molecule has 0 rings (SSSR count). The van der Waals surface area contributed by atoms with E-state index in [0.29, 0.717) is 26.4 Å². The van der Waals surface area contributed by atoms with Crippen molar-refractivity contribution in [3.8, 4) is 0 Å². The first kappa shape index (κ1) is 23.8. The summed E-state index contributed by atoms with van der Waals surface area (Å²) >= 11 is 0. The first-order valence-corrected chi connectivity index (χ1v) is 9.10. The van der Waals surface area contributed by atoms with Crippen LogP contribution < -0.4 is 0 Å². The molecule has 0 fully saturated rings. The fourth-order valence-corrected chi connectivity index (χ4v) is 1.99. The van der Waals surface area contributed by atoms with Crippen molar-refractivity contribution < 1.29 is 29.2 Å². The number of hydrogen-bond acceptors (Lipinski definition) is 6. The third kappa shape index (κ3) is 15.3. The third-order valence-corrected chi connectivity index (χ3v) is 3.44. The molecule has 24 heavy (non-hydrogen) atoms. The molecule has 0 amide bonds. The van der Waals surface area contributed by atoms with Crippen LogP contribution in [0.5, 0.6) is 0 Å². The Balaban J connectivity index is 3.60. The van der Waals surface area contributed by atoms with Crippen LogP contribution in [0, 0.1) is 0 Å². The second kappa shape index (κ2) is 14.0. The molecule has 0 radical (unpaired) electrons. The van der Waals surface area contributed by atoms with E-state index in [2.05, 4.69) is 0 Å². The number of aliphatic hydroxyl groups excluding tert-OH is 2. The van der Waals surface area contributed by atoms with Crippen molar-refractivity contribution in [2.75, 3.05) is 39.6 Å². The lowest BCUT2D eigenvalue weighted by molar-refractivity contribution is -0.221. The van der Waals surface area contributed by atoms with E-state index in [1.807, 2.05) is 27.7 Å². The smallest absolute Gasteiger partial charge is 0.162 e. The van der Waals surface area contributed by atoms with Crippen molar-refractivity contribution in [2.24, 2.45) is 0 Å². The minimum absolute atomic E-state index is 0.201. The fraction of sp³-hybridized carbons (Fsp3) is 1.00. The normalized spacial score (nSPS) is 12.8. The van der Waals surface area contributed by atoms with Crippen molar-refractivity contribution in [2.45, 2.75) is 77.8 Å². The van der Waals surface area contributed by atoms with Crippen molar-refractivity contribution >= 4 is 0 Å². The van der Waals surface area contributed by atoms with Crippen LogP contribution in [0.15, 0.2) is 0 Å². The molecular weight excluding hydrogens is 312 g/mol. The minimum atomic E-state index is -0.592. The topological polar surface area (TPSA) is 77.4 Å². The molecule has 0 aromatic carbocycles. The van der Waals surface area contributed by atoms with Gasteiger partial charge in [0.25, 0.3) is 0 Å². The van der Waals surface area contributed by atoms with Crippen LogP contribution in [-0.4, -0.2) is 61.4 Å². The summed E-state index contributed by atoms with van der Waals surface area (Å²) in [5, 5.41) is 17.5. The maximum absolute atomic E-state index is 8.73. The molecule has 6 nitrogen and oxygen atoms in total. The highest BCUT2D eigenvalue weighted by molar-refractivity contribution is 4.56. The summed E-state index contributed by atoms with van der Waals surface area (Å²) in [5.74, 6) is -1.18. The molecule has 0 aromatic rings. The molecular formula is C18H38O6. The molecule has 0 aliphatic rings. The van der Waals surface area contributed by atoms with Crippen LogP contribution >= 0.6 is 0 Å². The van der Waals surface area contributed by atoms with Gasteiger partial charge in [-0.15, -0.1) is 0 Å². The Morgan fingerprint density at radius 2 is 0.750 bits per heavy atom. The van der Waals surface area contributed by atoms with Crippen molar-refractivity contribution in [1.29, 1.82) is 0 Å². The third-order valence-electron chi connectivity index (χ3n) is 3.44. The summed E-state index contributed by atoms with van der Waals surface area (Å²) in [4.78, 5) is 0. The predicted molar refractivity (Wildman–Crippen MR) is 93.8 cm³/mol. The van der Waals surface area contributed by atoms with Crippen LogP contribution in [0.4, 0.5) is 0 Å². The SMILES string of the molecule is CC(C)(OCCCCO)OCCCCOC(C)(C)OCCCCO. The molecule has 0 aromatic heterocycles. The summed E-state index contributed by atoms with van der Waals surface area (Å²) in [6, 6.07) is 0. The van der Waals surface area contributed by atoms with E-state index in [0.717, 1.165) is 38.5 Å². The molecule has 0 aliphatic carbocycles. The van der Waals surface area contributed by atoms with Gasteiger partial charge in [0, 0.05) is 13.2 Å². The lowest BCUT2D eigenvalue weighted by atomic mass is 10.3. The second-order valence-corrected chi connectivity index (χ2v) is 6.76. The van der Waals surface area contributed by atoms with E-state index in [9.17, 15) is 0 Å². The highest BCUT2D eigenvalue weighted by atomic mass is 16.7. The summed E-state index contributed by atoms with van der Waals surface area (Å²) in [6.45, 7) is 10.5. The van der Waals surface area contributed by atoms with Gasteiger partial charge in [0.1, 0.15) is 0 Å². The summed E-state index contributed by atoms with van der Waals surface area (Å²) in [6.07, 6.45) is 4.97. The highest BCUT2D eigenvalue weighted by Gasteiger charge is 2.19. The van der Waals surface area contributed by atoms with Crippen molar-refractivity contribution in [1.82, 2.24) is 0 Å². The van der Waals surface area contributed by atoms with Crippen LogP contribution in [-0.2, 0) is 18.9 Å². The average molecular weight is 350 g/mol. The Morgan fingerprint density at radius 3 is 1.00 bits per heavy atom. The summed E-state index contributed by atoms with van der Waals surface area (Å²) < 4.78 is 22.8. The Hall–Kier alpha value is -0.240. The summed E-state index contributed by atoms with van der Waals surface area (Å²) in [5.41, 5.74) is 0. The number of rotatable bonds is 17. The largest absolute Gasteiger partial charge is 0.396 e. The average Bonchev–Trinajstić information content (AvgIpc) is 2.51. The van der Waals surface area contributed by atoms with Gasteiger partial charge in [-0.3, -0.25) is 0 Å². The molecule has 0 atom stereocenters. The van der Waals surface area contributed by atoms with Gasteiger partial charge in [-0.2, -0.15) is 0 Å². The van der Waals surface area contributed by atoms with Gasteiger partial charge >= 0.3 is 0 Å². The molecule has 0 unspecified atom stereocenters. The van der Waals surface area contributed by atoms with E-state index >= 15 is 0 Å². The molecule has 146 valence electrons. The molecule has 2 N–H and O–H groups in total. The first-order valence-electron chi connectivity index (χ1n) is 9.10. The van der Waals surface area contributed by atoms with Gasteiger partial charge in [-0.1, -0.05) is 0 Å². The van der Waals surface area contributed by atoms with E-state index in [4.69, 9.17) is 29.2 Å². The van der Waals surface area contributed by atoms with Gasteiger partial charge in [0.2, 0.25) is 0 Å². The maximum Gasteiger partial charge on any atom is 0.162 e. The van der Waals surface area contributed by atoms with Gasteiger partial charge in [-0.25, -0.2) is 0 Å². The van der Waals surface area contributed by atoms with Crippen molar-refractivity contribution in [3.63, 3.8) is 0 Å². The van der Waals surface area contributed by atoms with Crippen LogP contribution in [0.3, 0.4) is 0 Å². The highest BCUT2D eigenvalue weighted by Crippen LogP contribution is 2.15. The molecule has 6 heteroatoms. The predicted octanol–water partition coefficient (Wildman–Crippen LogP) is 2.85. The maximum atomic E-state index is 8.73. The number of aliphatic hydroxyl groups is 2. The molecule has 0 aliphatic heterocycles. The number of unbranched alkanes of at least 4 members (excludes halogenated alkanes) is 3. The van der Waals surface area contributed by atoms with Gasteiger partial charge in [-0.05, 0) is 66.2 Å². The fourth-order valence-electron chi connectivity index (χ4n) is 1.99. The van der Waals surface area contributed by atoms with Crippen LogP contribution in [0.1, 0.15) is 66.2 Å². The Morgan fingerprint density at radius 1 is 0.500 bits per heavy atom. The molecule has 0 saturated carbocycles. The molecule has 0 bridgehead atoms. The standard InChI is InChI=1S/C18H38O6/c1-17(2,21-13-7-5-11-19)23-15-9-10-16-24-18(3,4)22-14-8-6-12-20/h19-20H,5-16H2,1-4H3. The zero-order chi connectivity index (χ0) is 18.3. The Labute approximate surface area is 147 Å². The van der Waals surface area contributed by atoms with Gasteiger partial charge < -0.3 is 29.2 Å². The Kier molecular flexibility index (Phi) is 13.8. The monoisotopic (exact) mass is 350 g/mol. The minimum Gasteiger partial charge on any atom is -0.396 e. The summed E-state index contributed by atoms with van der Waals surface area (Å²) in [7, 11) is 0. The quantitative estimate of drug-likeness (QED) is 0.310. The van der Waals surface area contributed by atoms with Crippen LogP contribution in [0.2, 0.25) is 0 Å². The number of hydrogen-bond donors (Lipinski definition) is 2. The van der Waals surface area contributed by atoms with Crippen LogP contribution in [0.25, 0.3) is 0 Å². The van der Waals surface area contributed by atoms with Gasteiger partial charge in [0.15, 0.2) is 11.6 Å².